The summed E-state index contributed by atoms with van der Waals surface area (Å²) in [7, 11) is -9.94. The van der Waals surface area contributed by atoms with E-state index in [1.54, 1.807) is 0 Å². The van der Waals surface area contributed by atoms with Gasteiger partial charge in [0.2, 0.25) is 0 Å². The molecule has 0 bridgehead atoms. The summed E-state index contributed by atoms with van der Waals surface area (Å²) >= 11 is 0. The van der Waals surface area contributed by atoms with Crippen LogP contribution in [0.15, 0.2) is 46.6 Å². The van der Waals surface area contributed by atoms with Gasteiger partial charge in [0, 0.05) is 12.1 Å². The minimum Gasteiger partial charge on any atom is -0.302 e. The van der Waals surface area contributed by atoms with Crippen molar-refractivity contribution in [2.75, 3.05) is 13.2 Å². The van der Waals surface area contributed by atoms with Gasteiger partial charge in [0.05, 0.1) is 6.61 Å². The average molecular weight is 590 g/mol. The molecule has 39 heavy (non-hydrogen) atoms. The summed E-state index contributed by atoms with van der Waals surface area (Å²) in [5.74, 6) is 0. The molecule has 8 nitrogen and oxygen atoms in total. The molecule has 0 saturated carbocycles. The molecule has 3 N–H and O–H groups in total. The van der Waals surface area contributed by atoms with E-state index in [1.165, 1.54) is 22.3 Å². The summed E-state index contributed by atoms with van der Waals surface area (Å²) in [5.41, 5.74) is 5.52. The topological polar surface area (TPSA) is 116 Å². The Balaban J connectivity index is 2.50. The second-order valence-corrected chi connectivity index (χ2v) is 14.1. The van der Waals surface area contributed by atoms with Crippen LogP contribution in [0.25, 0.3) is 0 Å². The Morgan fingerprint density at radius 3 is 1.72 bits per heavy atom. The molecule has 0 aromatic carbocycles. The zero-order chi connectivity index (χ0) is 29.5. The summed E-state index contributed by atoms with van der Waals surface area (Å²) in [6.07, 6.45) is 20.7. The van der Waals surface area contributed by atoms with Crippen LogP contribution in [0.4, 0.5) is 0 Å². The molecule has 1 aliphatic heterocycles. The summed E-state index contributed by atoms with van der Waals surface area (Å²) < 4.78 is 31.7. The molecule has 0 aromatic rings. The quantitative estimate of drug-likeness (QED) is 0.0529. The monoisotopic (exact) mass is 589 g/mol. The first-order valence-corrected chi connectivity index (χ1v) is 17.3. The Hall–Kier alpha value is -0.820. The van der Waals surface area contributed by atoms with E-state index in [-0.39, 0.29) is 18.7 Å². The van der Waals surface area contributed by atoms with E-state index in [4.69, 9.17) is 14.3 Å². The minimum atomic E-state index is -5.12. The van der Waals surface area contributed by atoms with E-state index in [0.29, 0.717) is 0 Å². The number of rotatable bonds is 21. The smallest absolute Gasteiger partial charge is 0.302 e. The van der Waals surface area contributed by atoms with E-state index >= 15 is 0 Å². The molecule has 1 fully saturated rings. The molecule has 0 aliphatic carbocycles. The lowest BCUT2D eigenvalue weighted by Gasteiger charge is -2.12. The van der Waals surface area contributed by atoms with Crippen molar-refractivity contribution in [1.29, 1.82) is 0 Å². The third-order valence-electron chi connectivity index (χ3n) is 6.82. The Labute approximate surface area is 237 Å². The van der Waals surface area contributed by atoms with Crippen LogP contribution < -0.4 is 0 Å². The maximum Gasteiger partial charge on any atom is 0.481 e. The maximum atomic E-state index is 11.9. The zero-order valence-electron chi connectivity index (χ0n) is 25.0. The normalized spacial score (nSPS) is 21.4. The molecular weight excluding hydrogens is 536 g/mol. The lowest BCUT2D eigenvalue weighted by Crippen LogP contribution is -2.09. The van der Waals surface area contributed by atoms with Gasteiger partial charge in [-0.2, -0.15) is 4.31 Å². The SMILES string of the molecule is CC(C)=CCC/C(C)=C/CCCCC1[C@H](COP(=O)(O)OP(=O)(O)O)N1CCCC/C=C(\C)CCC=C(C)C. The third kappa shape index (κ3) is 19.0. The Kier molecular flexibility index (Phi) is 17.2. The van der Waals surface area contributed by atoms with Gasteiger partial charge in [-0.15, -0.1) is 0 Å². The predicted octanol–water partition coefficient (Wildman–Crippen LogP) is 8.38. The number of hydrogen-bond donors (Lipinski definition) is 3. The van der Waals surface area contributed by atoms with Gasteiger partial charge in [-0.1, -0.05) is 53.0 Å². The van der Waals surface area contributed by atoms with Crippen LogP contribution in [0.1, 0.15) is 112 Å². The van der Waals surface area contributed by atoms with Crippen LogP contribution in [0.3, 0.4) is 0 Å². The fourth-order valence-electron chi connectivity index (χ4n) is 4.63. The van der Waals surface area contributed by atoms with E-state index in [0.717, 1.165) is 77.2 Å². The minimum absolute atomic E-state index is 0.0476. The molecular formula is C29H53NO7P2. The lowest BCUT2D eigenvalue weighted by molar-refractivity contribution is 0.173. The van der Waals surface area contributed by atoms with Crippen molar-refractivity contribution in [3.63, 3.8) is 0 Å². The fourth-order valence-corrected chi connectivity index (χ4v) is 6.24. The second-order valence-electron chi connectivity index (χ2n) is 11.2. The van der Waals surface area contributed by atoms with Crippen LogP contribution in [-0.4, -0.2) is 44.8 Å². The molecule has 1 rings (SSSR count). The van der Waals surface area contributed by atoms with Gasteiger partial charge in [0.15, 0.2) is 0 Å². The Morgan fingerprint density at radius 2 is 1.23 bits per heavy atom. The fraction of sp³-hybridized carbons (Fsp3) is 0.724. The van der Waals surface area contributed by atoms with E-state index in [2.05, 4.69) is 75.1 Å². The van der Waals surface area contributed by atoms with Gasteiger partial charge in [-0.3, -0.25) is 9.42 Å². The van der Waals surface area contributed by atoms with Gasteiger partial charge >= 0.3 is 15.6 Å². The summed E-state index contributed by atoms with van der Waals surface area (Å²) in [6, 6.07) is 0.192. The molecule has 0 radical (unpaired) electrons. The van der Waals surface area contributed by atoms with Crippen molar-refractivity contribution in [2.24, 2.45) is 0 Å². The molecule has 0 amide bonds. The van der Waals surface area contributed by atoms with E-state index in [9.17, 15) is 14.0 Å². The number of unbranched alkanes of at least 4 members (excludes halogenated alkanes) is 4. The highest BCUT2D eigenvalue weighted by Gasteiger charge is 2.47. The molecule has 3 unspecified atom stereocenters. The van der Waals surface area contributed by atoms with Crippen LogP contribution in [0.5, 0.6) is 0 Å². The molecule has 1 aliphatic rings. The molecule has 0 aromatic heterocycles. The van der Waals surface area contributed by atoms with Crippen LogP contribution in [0.2, 0.25) is 0 Å². The third-order valence-corrected chi connectivity index (χ3v) is 8.97. The average Bonchev–Trinajstić information content (AvgIpc) is 3.46. The van der Waals surface area contributed by atoms with Gasteiger partial charge in [-0.25, -0.2) is 9.13 Å². The van der Waals surface area contributed by atoms with Crippen molar-refractivity contribution in [3.8, 4) is 0 Å². The molecule has 10 heteroatoms. The first kappa shape index (κ1) is 36.2. The van der Waals surface area contributed by atoms with Crippen molar-refractivity contribution in [3.05, 3.63) is 46.6 Å². The number of phosphoric ester groups is 1. The Morgan fingerprint density at radius 1 is 0.718 bits per heavy atom. The highest BCUT2D eigenvalue weighted by atomic mass is 31.3. The van der Waals surface area contributed by atoms with Crippen molar-refractivity contribution in [1.82, 2.24) is 4.90 Å². The molecule has 4 atom stereocenters. The number of nitrogens with zero attached hydrogens (tertiary/aromatic N) is 1. The van der Waals surface area contributed by atoms with Crippen molar-refractivity contribution < 1.29 is 32.6 Å². The van der Waals surface area contributed by atoms with Gasteiger partial charge in [-0.05, 0) is 112 Å². The first-order valence-electron chi connectivity index (χ1n) is 14.3. The largest absolute Gasteiger partial charge is 0.481 e. The zero-order valence-corrected chi connectivity index (χ0v) is 26.8. The van der Waals surface area contributed by atoms with Gasteiger partial charge in [0.1, 0.15) is 0 Å². The van der Waals surface area contributed by atoms with Crippen LogP contribution >= 0.6 is 15.6 Å². The van der Waals surface area contributed by atoms with Crippen molar-refractivity contribution in [2.45, 2.75) is 124 Å². The molecule has 1 saturated heterocycles. The van der Waals surface area contributed by atoms with E-state index in [1.807, 2.05) is 0 Å². The lowest BCUT2D eigenvalue weighted by atomic mass is 10.1. The number of allylic oxidation sites excluding steroid dienone is 8. The number of hydrogen-bond acceptors (Lipinski definition) is 5. The Bertz CT molecular complexity index is 891. The van der Waals surface area contributed by atoms with Crippen LogP contribution in [-0.2, 0) is 18.0 Å². The second kappa shape index (κ2) is 18.6. The van der Waals surface area contributed by atoms with Crippen LogP contribution in [0, 0.1) is 0 Å². The molecule has 0 spiro atoms. The predicted molar refractivity (Wildman–Crippen MR) is 160 cm³/mol. The van der Waals surface area contributed by atoms with Gasteiger partial charge < -0.3 is 14.7 Å². The first-order chi connectivity index (χ1) is 18.2. The van der Waals surface area contributed by atoms with Gasteiger partial charge in [0.25, 0.3) is 0 Å². The summed E-state index contributed by atoms with van der Waals surface area (Å²) in [4.78, 5) is 29.6. The summed E-state index contributed by atoms with van der Waals surface area (Å²) in [5, 5.41) is 0. The number of phosphoric acid groups is 2. The molecule has 226 valence electrons. The van der Waals surface area contributed by atoms with Crippen molar-refractivity contribution >= 4 is 15.6 Å². The highest BCUT2D eigenvalue weighted by Crippen LogP contribution is 2.58. The highest BCUT2D eigenvalue weighted by molar-refractivity contribution is 7.60. The van der Waals surface area contributed by atoms with E-state index < -0.39 is 15.6 Å². The maximum absolute atomic E-state index is 11.9. The summed E-state index contributed by atoms with van der Waals surface area (Å²) in [6.45, 7) is 13.6. The standard InChI is InChI=1S/C29H53NO7P2/c1-24(2)15-13-19-26(5)17-9-7-11-21-28-29(23-36-39(34,35)37-38(31,32)33)30(28)22-12-8-10-18-27(6)20-14-16-25(3)4/h15-18,28-29H,7-14,19-23H2,1-6H3,(H,34,35)(H2,31,32,33)/b26-17+,27-18+/t28?,29-,30?/m0/s1. The molecule has 1 heterocycles.